The first kappa shape index (κ1) is 21.5. The van der Waals surface area contributed by atoms with E-state index >= 15 is 0 Å². The number of hydrogen-bond acceptors (Lipinski definition) is 6. The number of anilines is 2. The molecule has 0 saturated carbocycles. The van der Waals surface area contributed by atoms with Gasteiger partial charge >= 0.3 is 0 Å². The van der Waals surface area contributed by atoms with Crippen molar-refractivity contribution in [3.05, 3.63) is 82.1 Å². The Kier molecular flexibility index (Phi) is 5.33. The Hall–Kier alpha value is -3.98. The number of carbonyl (C=O) groups excluding carboxylic acids is 1. The molecule has 6 rings (SSSR count). The van der Waals surface area contributed by atoms with Crippen LogP contribution >= 0.6 is 0 Å². The van der Waals surface area contributed by atoms with E-state index in [-0.39, 0.29) is 23.9 Å². The number of piperidine rings is 1. The van der Waals surface area contributed by atoms with Crippen LogP contribution in [-0.4, -0.2) is 49.5 Å². The van der Waals surface area contributed by atoms with Gasteiger partial charge in [-0.3, -0.25) is 14.9 Å². The number of para-hydroxylation sites is 2. The van der Waals surface area contributed by atoms with Gasteiger partial charge in [-0.2, -0.15) is 5.10 Å². The van der Waals surface area contributed by atoms with E-state index in [0.717, 1.165) is 41.8 Å². The van der Waals surface area contributed by atoms with Crippen LogP contribution in [0.15, 0.2) is 65.5 Å². The minimum absolute atomic E-state index is 0.0104. The number of rotatable bonds is 0. The Morgan fingerprint density at radius 3 is 2.80 bits per heavy atom. The lowest BCUT2D eigenvalue weighted by Crippen LogP contribution is -2.43. The summed E-state index contributed by atoms with van der Waals surface area (Å²) in [6.45, 7) is 2.02. The fraction of sp³-hybridized carbons (Fsp3) is 0.308. The predicted octanol–water partition coefficient (Wildman–Crippen LogP) is 2.48. The maximum absolute atomic E-state index is 13.2. The van der Waals surface area contributed by atoms with Crippen molar-refractivity contribution in [2.24, 2.45) is 5.92 Å². The number of imidazole rings is 1. The first-order valence-electron chi connectivity index (χ1n) is 11.9. The van der Waals surface area contributed by atoms with E-state index in [0.29, 0.717) is 24.6 Å². The summed E-state index contributed by atoms with van der Waals surface area (Å²) < 4.78 is 3.32. The summed E-state index contributed by atoms with van der Waals surface area (Å²) in [6.07, 6.45) is 1.16. The summed E-state index contributed by atoms with van der Waals surface area (Å²) in [5.74, 6) is 0.832. The van der Waals surface area contributed by atoms with E-state index in [1.54, 1.807) is 24.3 Å². The molecule has 2 aliphatic rings. The topological polar surface area (TPSA) is 105 Å². The molecule has 0 spiro atoms. The average molecular weight is 471 g/mol. The van der Waals surface area contributed by atoms with Crippen molar-refractivity contribution >= 4 is 28.7 Å². The number of fused-ring (bicyclic) bond motifs is 10. The third-order valence-electron chi connectivity index (χ3n) is 6.95. The summed E-state index contributed by atoms with van der Waals surface area (Å²) in [4.78, 5) is 32.5. The van der Waals surface area contributed by atoms with Gasteiger partial charge in [-0.05, 0) is 48.7 Å². The van der Waals surface area contributed by atoms with E-state index in [1.165, 1.54) is 10.7 Å². The maximum atomic E-state index is 13.2. The third-order valence-corrected chi connectivity index (χ3v) is 6.95. The van der Waals surface area contributed by atoms with Crippen molar-refractivity contribution in [2.45, 2.75) is 32.0 Å². The van der Waals surface area contributed by atoms with Gasteiger partial charge in [-0.15, -0.1) is 0 Å². The standard InChI is InChI=1S/C26H26N6O3/c33-22-16-31-21-9-2-1-8-20(21)27-26(31)28-25(35)18-6-3-5-17(13-18)14-32-24(34)11-10-23(29-32)30-12-4-7-19(22)15-30/h1-3,5-6,8-11,13,19,22,33H,4,7,12,14-16H2,(H,27,28,35)/t19-,22-/m0/s1. The number of nitrogens with zero attached hydrogens (tertiary/aromatic N) is 5. The van der Waals surface area contributed by atoms with Crippen LogP contribution in [0.4, 0.5) is 11.8 Å². The Bertz CT molecular complexity index is 1480. The molecule has 1 fully saturated rings. The van der Waals surface area contributed by atoms with Gasteiger partial charge in [-0.1, -0.05) is 24.3 Å². The van der Waals surface area contributed by atoms with Crippen molar-refractivity contribution in [1.29, 1.82) is 0 Å². The molecule has 9 nitrogen and oxygen atoms in total. The molecule has 4 heterocycles. The highest BCUT2D eigenvalue weighted by Crippen LogP contribution is 2.27. The highest BCUT2D eigenvalue weighted by Gasteiger charge is 2.29. The molecule has 0 aliphatic carbocycles. The quantitative estimate of drug-likeness (QED) is 0.409. The number of hydrogen-bond donors (Lipinski definition) is 2. The number of aromatic nitrogens is 4. The minimum atomic E-state index is -0.645. The van der Waals surface area contributed by atoms with Crippen LogP contribution in [0.5, 0.6) is 0 Å². The van der Waals surface area contributed by atoms with Crippen LogP contribution in [0.1, 0.15) is 28.8 Å². The summed E-state index contributed by atoms with van der Waals surface area (Å²) in [7, 11) is 0. The number of aliphatic hydroxyl groups is 1. The second-order valence-corrected chi connectivity index (χ2v) is 9.29. The monoisotopic (exact) mass is 470 g/mol. The summed E-state index contributed by atoms with van der Waals surface area (Å²) in [5.41, 5.74) is 2.67. The molecule has 1 amide bonds. The number of nitrogens with one attached hydrogen (secondary N) is 1. The van der Waals surface area contributed by atoms with E-state index in [9.17, 15) is 14.7 Å². The smallest absolute Gasteiger partial charge is 0.267 e. The molecular weight excluding hydrogens is 444 g/mol. The summed E-state index contributed by atoms with van der Waals surface area (Å²) in [5, 5.41) is 18.9. The van der Waals surface area contributed by atoms with Gasteiger partial charge in [0.2, 0.25) is 5.95 Å². The summed E-state index contributed by atoms with van der Waals surface area (Å²) in [6, 6.07) is 18.1. The zero-order valence-corrected chi connectivity index (χ0v) is 19.2. The van der Waals surface area contributed by atoms with Crippen LogP contribution in [-0.2, 0) is 13.1 Å². The van der Waals surface area contributed by atoms with Gasteiger partial charge in [0.15, 0.2) is 0 Å². The number of carbonyl (C=O) groups is 1. The maximum Gasteiger partial charge on any atom is 0.267 e. The molecule has 178 valence electrons. The molecule has 2 aromatic carbocycles. The first-order chi connectivity index (χ1) is 17.0. The molecule has 1 saturated heterocycles. The predicted molar refractivity (Wildman–Crippen MR) is 133 cm³/mol. The van der Waals surface area contributed by atoms with Gasteiger partial charge < -0.3 is 14.6 Å². The molecule has 6 bridgehead atoms. The number of amides is 1. The molecule has 2 aromatic heterocycles. The first-order valence-corrected chi connectivity index (χ1v) is 11.9. The Balaban J connectivity index is 1.47. The van der Waals surface area contributed by atoms with E-state index in [4.69, 9.17) is 0 Å². The van der Waals surface area contributed by atoms with Crippen molar-refractivity contribution in [2.75, 3.05) is 23.3 Å². The van der Waals surface area contributed by atoms with Gasteiger partial charge in [0.05, 0.1) is 30.2 Å². The Morgan fingerprint density at radius 1 is 1.00 bits per heavy atom. The largest absolute Gasteiger partial charge is 0.391 e. The van der Waals surface area contributed by atoms with Crippen LogP contribution in [0, 0.1) is 5.92 Å². The van der Waals surface area contributed by atoms with Crippen LogP contribution in [0.2, 0.25) is 0 Å². The second kappa shape index (κ2) is 8.66. The van der Waals surface area contributed by atoms with E-state index in [2.05, 4.69) is 20.3 Å². The lowest BCUT2D eigenvalue weighted by atomic mass is 9.92. The van der Waals surface area contributed by atoms with E-state index < -0.39 is 6.10 Å². The second-order valence-electron chi connectivity index (χ2n) is 9.29. The van der Waals surface area contributed by atoms with Crippen LogP contribution in [0.3, 0.4) is 0 Å². The molecule has 0 radical (unpaired) electrons. The molecule has 35 heavy (non-hydrogen) atoms. The van der Waals surface area contributed by atoms with Gasteiger partial charge in [0.25, 0.3) is 11.5 Å². The Morgan fingerprint density at radius 2 is 1.89 bits per heavy atom. The SMILES string of the molecule is O=C1Nc2nc3ccccc3n2C[C@H](O)[C@H]2CCCN(C2)c2ccc(=O)n(n2)Cc2cccc1c2. The lowest BCUT2D eigenvalue weighted by molar-refractivity contribution is 0.0825. The average Bonchev–Trinajstić information content (AvgIpc) is 3.21. The molecule has 9 heteroatoms. The third kappa shape index (κ3) is 4.08. The molecule has 2 aliphatic heterocycles. The zero-order chi connectivity index (χ0) is 23.9. The Labute approximate surface area is 201 Å². The van der Waals surface area contributed by atoms with Gasteiger partial charge in [0, 0.05) is 30.6 Å². The van der Waals surface area contributed by atoms with Crippen molar-refractivity contribution in [3.63, 3.8) is 0 Å². The van der Waals surface area contributed by atoms with Crippen molar-refractivity contribution < 1.29 is 9.90 Å². The van der Waals surface area contributed by atoms with Crippen LogP contribution < -0.4 is 15.8 Å². The van der Waals surface area contributed by atoms with Gasteiger partial charge in [-0.25, -0.2) is 9.67 Å². The number of benzene rings is 2. The molecular formula is C26H26N6O3. The summed E-state index contributed by atoms with van der Waals surface area (Å²) >= 11 is 0. The normalized spacial score (nSPS) is 20.4. The van der Waals surface area contributed by atoms with Crippen molar-refractivity contribution in [1.82, 2.24) is 19.3 Å². The van der Waals surface area contributed by atoms with Crippen LogP contribution in [0.25, 0.3) is 11.0 Å². The molecule has 0 unspecified atom stereocenters. The highest BCUT2D eigenvalue weighted by molar-refractivity contribution is 6.04. The fourth-order valence-corrected chi connectivity index (χ4v) is 5.10. The highest BCUT2D eigenvalue weighted by atomic mass is 16.3. The molecule has 2 N–H and O–H groups in total. The molecule has 4 aromatic rings. The van der Waals surface area contributed by atoms with Crippen molar-refractivity contribution in [3.8, 4) is 0 Å². The fourth-order valence-electron chi connectivity index (χ4n) is 5.10. The van der Waals surface area contributed by atoms with Gasteiger partial charge in [0.1, 0.15) is 5.82 Å². The zero-order valence-electron chi connectivity index (χ0n) is 19.2. The minimum Gasteiger partial charge on any atom is -0.391 e. The number of aliphatic hydroxyl groups excluding tert-OH is 1. The van der Waals surface area contributed by atoms with E-state index in [1.807, 2.05) is 34.9 Å². The molecule has 2 atom stereocenters. The lowest BCUT2D eigenvalue weighted by Gasteiger charge is -2.36.